The number of para-hydroxylation sites is 1. The minimum absolute atomic E-state index is 0.00583. The third-order valence-corrected chi connectivity index (χ3v) is 3.95. The topological polar surface area (TPSA) is 58.6 Å². The highest BCUT2D eigenvalue weighted by Gasteiger charge is 2.27. The number of nitrogens with zero attached hydrogens (tertiary/aromatic N) is 1. The van der Waals surface area contributed by atoms with Crippen molar-refractivity contribution in [2.75, 3.05) is 25.0 Å². The van der Waals surface area contributed by atoms with Crippen LogP contribution in [0, 0.1) is 5.92 Å². The Kier molecular flexibility index (Phi) is 3.34. The lowest BCUT2D eigenvalue weighted by atomic mass is 9.98. The molecule has 0 aliphatic carbocycles. The standard InChI is InChI=1S/C15H18N2O3/c1-10-5-7-17(8-6-10)15(19)11-3-2-4-12-14(11)16-13(18)9-20-12/h2-4,10H,5-9H2,1H3,(H,16,18). The molecule has 0 atom stereocenters. The first kappa shape index (κ1) is 13.0. The Bertz CT molecular complexity index is 548. The summed E-state index contributed by atoms with van der Waals surface area (Å²) in [5, 5.41) is 2.75. The van der Waals surface area contributed by atoms with Crippen molar-refractivity contribution in [1.82, 2.24) is 4.90 Å². The van der Waals surface area contributed by atoms with E-state index in [2.05, 4.69) is 12.2 Å². The lowest BCUT2D eigenvalue weighted by Crippen LogP contribution is -2.38. The molecule has 2 amide bonds. The minimum atomic E-state index is -0.218. The summed E-state index contributed by atoms with van der Waals surface area (Å²) in [5.74, 6) is 0.997. The molecule has 1 fully saturated rings. The van der Waals surface area contributed by atoms with Crippen LogP contribution in [-0.2, 0) is 4.79 Å². The van der Waals surface area contributed by atoms with Crippen molar-refractivity contribution in [2.24, 2.45) is 5.92 Å². The number of fused-ring (bicyclic) bond motifs is 1. The number of hydrogen-bond acceptors (Lipinski definition) is 3. The molecule has 1 saturated heterocycles. The molecule has 2 aliphatic rings. The first-order valence-corrected chi connectivity index (χ1v) is 7.00. The van der Waals surface area contributed by atoms with E-state index < -0.39 is 0 Å². The number of benzene rings is 1. The van der Waals surface area contributed by atoms with Crippen molar-refractivity contribution in [3.8, 4) is 5.75 Å². The SMILES string of the molecule is CC1CCN(C(=O)c2cccc3c2NC(=O)CO3)CC1. The van der Waals surface area contributed by atoms with E-state index in [4.69, 9.17) is 4.74 Å². The Balaban J connectivity index is 1.87. The summed E-state index contributed by atoms with van der Waals surface area (Å²) >= 11 is 0. The summed E-state index contributed by atoms with van der Waals surface area (Å²) in [6.45, 7) is 3.77. The van der Waals surface area contributed by atoms with Gasteiger partial charge in [0.15, 0.2) is 6.61 Å². The zero-order chi connectivity index (χ0) is 14.1. The maximum absolute atomic E-state index is 12.6. The van der Waals surface area contributed by atoms with E-state index in [0.29, 0.717) is 22.9 Å². The molecule has 106 valence electrons. The molecule has 5 nitrogen and oxygen atoms in total. The lowest BCUT2D eigenvalue weighted by molar-refractivity contribution is -0.118. The zero-order valence-corrected chi connectivity index (χ0v) is 11.5. The van der Waals surface area contributed by atoms with Crippen molar-refractivity contribution in [1.29, 1.82) is 0 Å². The molecule has 1 N–H and O–H groups in total. The average molecular weight is 274 g/mol. The van der Waals surface area contributed by atoms with E-state index >= 15 is 0 Å². The normalized spacial score (nSPS) is 19.1. The second-order valence-electron chi connectivity index (χ2n) is 5.49. The first-order chi connectivity index (χ1) is 9.65. The van der Waals surface area contributed by atoms with Gasteiger partial charge in [-0.25, -0.2) is 0 Å². The predicted molar refractivity (Wildman–Crippen MR) is 74.9 cm³/mol. The van der Waals surface area contributed by atoms with E-state index in [1.165, 1.54) is 0 Å². The van der Waals surface area contributed by atoms with Gasteiger partial charge in [0.25, 0.3) is 11.8 Å². The quantitative estimate of drug-likeness (QED) is 0.850. The largest absolute Gasteiger partial charge is 0.482 e. The third-order valence-electron chi connectivity index (χ3n) is 3.95. The fourth-order valence-electron chi connectivity index (χ4n) is 2.66. The van der Waals surface area contributed by atoms with Gasteiger partial charge in [0.2, 0.25) is 0 Å². The number of anilines is 1. The highest BCUT2D eigenvalue weighted by atomic mass is 16.5. The Morgan fingerprint density at radius 2 is 2.10 bits per heavy atom. The van der Waals surface area contributed by atoms with E-state index in [1.807, 2.05) is 4.90 Å². The van der Waals surface area contributed by atoms with E-state index in [0.717, 1.165) is 25.9 Å². The van der Waals surface area contributed by atoms with Crippen LogP contribution in [0.3, 0.4) is 0 Å². The summed E-state index contributed by atoms with van der Waals surface area (Å²) in [4.78, 5) is 25.9. The van der Waals surface area contributed by atoms with Gasteiger partial charge >= 0.3 is 0 Å². The molecule has 0 unspecified atom stereocenters. The van der Waals surface area contributed by atoms with Crippen molar-refractivity contribution >= 4 is 17.5 Å². The van der Waals surface area contributed by atoms with Crippen LogP contribution in [0.15, 0.2) is 18.2 Å². The number of nitrogens with one attached hydrogen (secondary N) is 1. The van der Waals surface area contributed by atoms with Crippen LogP contribution < -0.4 is 10.1 Å². The first-order valence-electron chi connectivity index (χ1n) is 7.00. The lowest BCUT2D eigenvalue weighted by Gasteiger charge is -2.31. The molecule has 0 aromatic heterocycles. The number of amides is 2. The molecule has 0 radical (unpaired) electrons. The van der Waals surface area contributed by atoms with Gasteiger partial charge < -0.3 is 15.0 Å². The van der Waals surface area contributed by atoms with Gasteiger partial charge in [-0.1, -0.05) is 13.0 Å². The summed E-state index contributed by atoms with van der Waals surface area (Å²) in [6, 6.07) is 5.30. The highest BCUT2D eigenvalue weighted by Crippen LogP contribution is 2.32. The molecule has 1 aromatic rings. The number of carbonyl (C=O) groups excluding carboxylic acids is 2. The Morgan fingerprint density at radius 1 is 1.35 bits per heavy atom. The maximum atomic E-state index is 12.6. The van der Waals surface area contributed by atoms with Gasteiger partial charge in [-0.2, -0.15) is 0 Å². The second-order valence-corrected chi connectivity index (χ2v) is 5.49. The summed E-state index contributed by atoms with van der Waals surface area (Å²) in [7, 11) is 0. The molecule has 1 aromatic carbocycles. The summed E-state index contributed by atoms with van der Waals surface area (Å²) in [5.41, 5.74) is 1.03. The van der Waals surface area contributed by atoms with Gasteiger partial charge in [0, 0.05) is 13.1 Å². The summed E-state index contributed by atoms with van der Waals surface area (Å²) < 4.78 is 5.35. The smallest absolute Gasteiger partial charge is 0.262 e. The fourth-order valence-corrected chi connectivity index (χ4v) is 2.66. The van der Waals surface area contributed by atoms with Crippen LogP contribution in [0.1, 0.15) is 30.1 Å². The van der Waals surface area contributed by atoms with Gasteiger partial charge in [0.05, 0.1) is 11.3 Å². The average Bonchev–Trinajstić information content (AvgIpc) is 2.46. The molecule has 2 heterocycles. The van der Waals surface area contributed by atoms with Crippen LogP contribution in [-0.4, -0.2) is 36.4 Å². The second kappa shape index (κ2) is 5.15. The molecule has 2 aliphatic heterocycles. The number of hydrogen-bond donors (Lipinski definition) is 1. The fraction of sp³-hybridized carbons (Fsp3) is 0.467. The maximum Gasteiger partial charge on any atom is 0.262 e. The van der Waals surface area contributed by atoms with Crippen molar-refractivity contribution in [2.45, 2.75) is 19.8 Å². The summed E-state index contributed by atoms with van der Waals surface area (Å²) in [6.07, 6.45) is 2.06. The molecular weight excluding hydrogens is 256 g/mol. The molecule has 0 saturated carbocycles. The van der Waals surface area contributed by atoms with Crippen molar-refractivity contribution < 1.29 is 14.3 Å². The molecule has 3 rings (SSSR count). The van der Waals surface area contributed by atoms with Crippen molar-refractivity contribution in [3.05, 3.63) is 23.8 Å². The van der Waals surface area contributed by atoms with Gasteiger partial charge in [-0.05, 0) is 30.9 Å². The van der Waals surface area contributed by atoms with Gasteiger partial charge in [-0.15, -0.1) is 0 Å². The van der Waals surface area contributed by atoms with Crippen LogP contribution in [0.2, 0.25) is 0 Å². The van der Waals surface area contributed by atoms with Crippen LogP contribution in [0.5, 0.6) is 5.75 Å². The number of rotatable bonds is 1. The predicted octanol–water partition coefficient (Wildman–Crippen LogP) is 1.89. The number of likely N-dealkylation sites (tertiary alicyclic amines) is 1. The van der Waals surface area contributed by atoms with E-state index in [9.17, 15) is 9.59 Å². The minimum Gasteiger partial charge on any atom is -0.482 e. The molecule has 0 spiro atoms. The third kappa shape index (κ3) is 2.35. The number of carbonyl (C=O) groups is 2. The number of ether oxygens (including phenoxy) is 1. The van der Waals surface area contributed by atoms with Crippen LogP contribution in [0.25, 0.3) is 0 Å². The van der Waals surface area contributed by atoms with E-state index in [1.54, 1.807) is 18.2 Å². The molecule has 20 heavy (non-hydrogen) atoms. The van der Waals surface area contributed by atoms with Crippen LogP contribution in [0.4, 0.5) is 5.69 Å². The zero-order valence-electron chi connectivity index (χ0n) is 11.5. The van der Waals surface area contributed by atoms with E-state index in [-0.39, 0.29) is 18.4 Å². The van der Waals surface area contributed by atoms with Gasteiger partial charge in [-0.3, -0.25) is 9.59 Å². The Labute approximate surface area is 117 Å². The Morgan fingerprint density at radius 3 is 2.85 bits per heavy atom. The Hall–Kier alpha value is -2.04. The molecule has 5 heteroatoms. The molecule has 0 bridgehead atoms. The van der Waals surface area contributed by atoms with Gasteiger partial charge in [0.1, 0.15) is 5.75 Å². The monoisotopic (exact) mass is 274 g/mol. The van der Waals surface area contributed by atoms with Crippen molar-refractivity contribution in [3.63, 3.8) is 0 Å². The highest BCUT2D eigenvalue weighted by molar-refractivity contribution is 6.06. The number of piperidine rings is 1. The molecular formula is C15H18N2O3. The van der Waals surface area contributed by atoms with Crippen LogP contribution >= 0.6 is 0 Å².